The van der Waals surface area contributed by atoms with Gasteiger partial charge in [-0.1, -0.05) is 12.1 Å². The topological polar surface area (TPSA) is 36.4 Å². The number of aliphatic hydroxyl groups is 1. The summed E-state index contributed by atoms with van der Waals surface area (Å²) in [6.45, 7) is 3.06. The first-order valence-electron chi connectivity index (χ1n) is 6.52. The number of anilines is 1. The summed E-state index contributed by atoms with van der Waals surface area (Å²) in [5, 5.41) is 9.18. The quantitative estimate of drug-likeness (QED) is 0.893. The number of hydrogen-bond donors (Lipinski definition) is 1. The number of aryl methyl sites for hydroxylation is 1. The molecule has 1 aromatic carbocycles. The van der Waals surface area contributed by atoms with Crippen molar-refractivity contribution in [3.05, 3.63) is 59.4 Å². The molecule has 0 radical (unpaired) electrons. The summed E-state index contributed by atoms with van der Waals surface area (Å²) >= 11 is 0. The van der Waals surface area contributed by atoms with Gasteiger partial charge in [-0.25, -0.2) is 0 Å². The zero-order chi connectivity index (χ0) is 13.7. The molecule has 0 bridgehead atoms. The molecule has 100 valence electrons. The van der Waals surface area contributed by atoms with Crippen LogP contribution in [0.3, 0.4) is 0 Å². The summed E-state index contributed by atoms with van der Waals surface area (Å²) in [4.78, 5) is 6.54. The molecule has 1 N–H and O–H groups in total. The molecule has 0 amide bonds. The van der Waals surface area contributed by atoms with Crippen LogP contribution in [0.5, 0.6) is 0 Å². The number of nitrogens with zero attached hydrogens (tertiary/aromatic N) is 2. The van der Waals surface area contributed by atoms with Crippen LogP contribution < -0.4 is 4.90 Å². The van der Waals surface area contributed by atoms with Gasteiger partial charge in [-0.05, 0) is 42.3 Å². The number of pyridine rings is 1. The zero-order valence-corrected chi connectivity index (χ0v) is 11.5. The predicted molar refractivity (Wildman–Crippen MR) is 78.3 cm³/mol. The lowest BCUT2D eigenvalue weighted by atomic mass is 10.1. The van der Waals surface area contributed by atoms with Crippen molar-refractivity contribution in [1.29, 1.82) is 0 Å². The van der Waals surface area contributed by atoms with Crippen LogP contribution >= 0.6 is 0 Å². The van der Waals surface area contributed by atoms with E-state index in [-0.39, 0.29) is 6.61 Å². The van der Waals surface area contributed by atoms with Gasteiger partial charge < -0.3 is 10.0 Å². The summed E-state index contributed by atoms with van der Waals surface area (Å²) in [5.74, 6) is 0. The SMILES string of the molecule is Cc1cc(N(C)CCc2ccccn2)ccc1CO. The molecule has 0 aliphatic carbocycles. The fourth-order valence-corrected chi connectivity index (χ4v) is 2.05. The van der Waals surface area contributed by atoms with E-state index in [1.807, 2.05) is 37.4 Å². The smallest absolute Gasteiger partial charge is 0.0684 e. The van der Waals surface area contributed by atoms with Crippen LogP contribution in [0.2, 0.25) is 0 Å². The van der Waals surface area contributed by atoms with Crippen LogP contribution in [-0.2, 0) is 13.0 Å². The van der Waals surface area contributed by atoms with Gasteiger partial charge in [-0.2, -0.15) is 0 Å². The molecule has 0 spiro atoms. The highest BCUT2D eigenvalue weighted by molar-refractivity contribution is 5.50. The molecule has 0 aliphatic heterocycles. The van der Waals surface area contributed by atoms with Gasteiger partial charge in [0.2, 0.25) is 0 Å². The van der Waals surface area contributed by atoms with Gasteiger partial charge in [0, 0.05) is 37.6 Å². The van der Waals surface area contributed by atoms with Crippen LogP contribution in [-0.4, -0.2) is 23.7 Å². The maximum atomic E-state index is 9.18. The van der Waals surface area contributed by atoms with Crippen molar-refractivity contribution in [2.24, 2.45) is 0 Å². The summed E-state index contributed by atoms with van der Waals surface area (Å²) < 4.78 is 0. The van der Waals surface area contributed by atoms with Gasteiger partial charge in [0.05, 0.1) is 6.61 Å². The summed E-state index contributed by atoms with van der Waals surface area (Å²) in [7, 11) is 2.08. The van der Waals surface area contributed by atoms with E-state index >= 15 is 0 Å². The minimum Gasteiger partial charge on any atom is -0.392 e. The molecule has 0 fully saturated rings. The van der Waals surface area contributed by atoms with E-state index in [4.69, 9.17) is 0 Å². The minimum atomic E-state index is 0.101. The second kappa shape index (κ2) is 6.34. The molecule has 19 heavy (non-hydrogen) atoms. The molecule has 1 heterocycles. The first-order chi connectivity index (χ1) is 9.20. The zero-order valence-electron chi connectivity index (χ0n) is 11.5. The molecule has 0 unspecified atom stereocenters. The molecular weight excluding hydrogens is 236 g/mol. The molecule has 3 heteroatoms. The Kier molecular flexibility index (Phi) is 4.53. The molecular formula is C16H20N2O. The van der Waals surface area contributed by atoms with E-state index in [9.17, 15) is 5.11 Å². The van der Waals surface area contributed by atoms with Crippen molar-refractivity contribution in [3.63, 3.8) is 0 Å². The predicted octanol–water partition coefficient (Wildman–Crippen LogP) is 2.56. The van der Waals surface area contributed by atoms with Crippen LogP contribution in [0.25, 0.3) is 0 Å². The fourth-order valence-electron chi connectivity index (χ4n) is 2.05. The lowest BCUT2D eigenvalue weighted by Gasteiger charge is -2.20. The lowest BCUT2D eigenvalue weighted by Crippen LogP contribution is -2.20. The largest absolute Gasteiger partial charge is 0.392 e. The van der Waals surface area contributed by atoms with Crippen molar-refractivity contribution in [2.45, 2.75) is 20.0 Å². The molecule has 1 aromatic heterocycles. The normalized spacial score (nSPS) is 10.5. The highest BCUT2D eigenvalue weighted by Crippen LogP contribution is 2.18. The molecule has 2 rings (SSSR count). The third-order valence-corrected chi connectivity index (χ3v) is 3.37. The first kappa shape index (κ1) is 13.6. The number of likely N-dealkylation sites (N-methyl/N-ethyl adjacent to an activating group) is 1. The van der Waals surface area contributed by atoms with Gasteiger partial charge in [0.1, 0.15) is 0 Å². The fraction of sp³-hybridized carbons (Fsp3) is 0.312. The minimum absolute atomic E-state index is 0.101. The van der Waals surface area contributed by atoms with Gasteiger partial charge in [0.25, 0.3) is 0 Å². The van der Waals surface area contributed by atoms with Gasteiger partial charge in [0.15, 0.2) is 0 Å². The van der Waals surface area contributed by atoms with Gasteiger partial charge >= 0.3 is 0 Å². The Bertz CT molecular complexity index is 526. The monoisotopic (exact) mass is 256 g/mol. The van der Waals surface area contributed by atoms with Crippen molar-refractivity contribution in [3.8, 4) is 0 Å². The van der Waals surface area contributed by atoms with E-state index in [0.29, 0.717) is 0 Å². The maximum Gasteiger partial charge on any atom is 0.0684 e. The Morgan fingerprint density at radius 3 is 2.68 bits per heavy atom. The van der Waals surface area contributed by atoms with E-state index in [1.165, 1.54) is 5.69 Å². The Labute approximate surface area is 114 Å². The van der Waals surface area contributed by atoms with Crippen LogP contribution in [0.4, 0.5) is 5.69 Å². The van der Waals surface area contributed by atoms with E-state index in [0.717, 1.165) is 29.8 Å². The highest BCUT2D eigenvalue weighted by atomic mass is 16.3. The van der Waals surface area contributed by atoms with Crippen LogP contribution in [0, 0.1) is 6.92 Å². The van der Waals surface area contributed by atoms with Crippen LogP contribution in [0.15, 0.2) is 42.6 Å². The lowest BCUT2D eigenvalue weighted by molar-refractivity contribution is 0.281. The average molecular weight is 256 g/mol. The average Bonchev–Trinajstić information content (AvgIpc) is 2.45. The third kappa shape index (κ3) is 3.55. The van der Waals surface area contributed by atoms with Crippen molar-refractivity contribution >= 4 is 5.69 Å². The first-order valence-corrected chi connectivity index (χ1v) is 6.52. The standard InChI is InChI=1S/C16H20N2O/c1-13-11-16(7-6-14(13)12-19)18(2)10-8-15-5-3-4-9-17-15/h3-7,9,11,19H,8,10,12H2,1-2H3. The second-order valence-electron chi connectivity index (χ2n) is 4.76. The van der Waals surface area contributed by atoms with E-state index in [1.54, 1.807) is 0 Å². The van der Waals surface area contributed by atoms with Gasteiger partial charge in [-0.15, -0.1) is 0 Å². The number of benzene rings is 1. The van der Waals surface area contributed by atoms with E-state index in [2.05, 4.69) is 29.1 Å². The van der Waals surface area contributed by atoms with Crippen molar-refractivity contribution in [1.82, 2.24) is 4.98 Å². The number of rotatable bonds is 5. The molecule has 3 nitrogen and oxygen atoms in total. The number of hydrogen-bond acceptors (Lipinski definition) is 3. The van der Waals surface area contributed by atoms with Crippen LogP contribution in [0.1, 0.15) is 16.8 Å². The maximum absolute atomic E-state index is 9.18. The number of aliphatic hydroxyl groups excluding tert-OH is 1. The number of aromatic nitrogens is 1. The molecule has 0 atom stereocenters. The second-order valence-corrected chi connectivity index (χ2v) is 4.76. The summed E-state index contributed by atoms with van der Waals surface area (Å²) in [5.41, 5.74) is 4.40. The highest BCUT2D eigenvalue weighted by Gasteiger charge is 2.04. The van der Waals surface area contributed by atoms with Crippen molar-refractivity contribution < 1.29 is 5.11 Å². The molecule has 0 aliphatic rings. The Morgan fingerprint density at radius 2 is 2.05 bits per heavy atom. The Hall–Kier alpha value is -1.87. The Balaban J connectivity index is 2.00. The van der Waals surface area contributed by atoms with E-state index < -0.39 is 0 Å². The Morgan fingerprint density at radius 1 is 1.21 bits per heavy atom. The summed E-state index contributed by atoms with van der Waals surface area (Å²) in [6.07, 6.45) is 2.76. The summed E-state index contributed by atoms with van der Waals surface area (Å²) in [6, 6.07) is 12.2. The van der Waals surface area contributed by atoms with Gasteiger partial charge in [-0.3, -0.25) is 4.98 Å². The third-order valence-electron chi connectivity index (χ3n) is 3.37. The molecule has 0 saturated carbocycles. The van der Waals surface area contributed by atoms with Crippen molar-refractivity contribution in [2.75, 3.05) is 18.5 Å². The molecule has 0 saturated heterocycles. The molecule has 2 aromatic rings.